The second-order valence-corrected chi connectivity index (χ2v) is 18.2. The smallest absolute Gasteiger partial charge is 0.128 e. The Kier molecular flexibility index (Phi) is 8.45. The molecule has 4 aliphatic rings. The van der Waals surface area contributed by atoms with Crippen molar-refractivity contribution in [1.29, 1.82) is 0 Å². The van der Waals surface area contributed by atoms with Crippen molar-refractivity contribution >= 4 is 60.6 Å². The summed E-state index contributed by atoms with van der Waals surface area (Å²) < 4.78 is 10.4. The number of nitrogens with zero attached hydrogens (tertiary/aromatic N) is 3. The van der Waals surface area contributed by atoms with Crippen LogP contribution in [-0.4, -0.2) is 20.6 Å². The van der Waals surface area contributed by atoms with Gasteiger partial charge in [-0.25, -0.2) is 0 Å². The van der Waals surface area contributed by atoms with Gasteiger partial charge in [0.05, 0.1) is 16.7 Å². The van der Waals surface area contributed by atoms with E-state index in [1.165, 1.54) is 81.4 Å². The number of thiophene rings is 1. The van der Waals surface area contributed by atoms with Crippen molar-refractivity contribution in [2.45, 2.75) is 36.7 Å². The van der Waals surface area contributed by atoms with Crippen molar-refractivity contribution in [3.8, 4) is 28.1 Å². The molecule has 4 unspecified atom stereocenters. The first kappa shape index (κ1) is 36.3. The largest absolute Gasteiger partial charge is 0.485 e. The molecule has 0 amide bonds. The van der Waals surface area contributed by atoms with Crippen molar-refractivity contribution in [3.63, 3.8) is 0 Å². The number of fused-ring (bicyclic) bond motifs is 9. The fourth-order valence-corrected chi connectivity index (χ4v) is 11.7. The number of benzene rings is 5. The van der Waals surface area contributed by atoms with Crippen molar-refractivity contribution in [1.82, 2.24) is 14.5 Å². The third-order valence-electron chi connectivity index (χ3n) is 13.6. The number of pyridine rings is 2. The van der Waals surface area contributed by atoms with Crippen LogP contribution in [0.4, 0.5) is 0 Å². The van der Waals surface area contributed by atoms with Crippen molar-refractivity contribution < 1.29 is 4.74 Å². The number of hydrogen-bond acceptors (Lipinski definition) is 4. The van der Waals surface area contributed by atoms with Crippen LogP contribution in [0.5, 0.6) is 5.75 Å². The van der Waals surface area contributed by atoms with E-state index in [2.05, 4.69) is 181 Å². The van der Waals surface area contributed by atoms with Crippen molar-refractivity contribution in [3.05, 3.63) is 227 Å². The molecule has 0 radical (unpaired) electrons. The zero-order chi connectivity index (χ0) is 41.4. The van der Waals surface area contributed by atoms with E-state index in [9.17, 15) is 0 Å². The van der Waals surface area contributed by atoms with Gasteiger partial charge in [0.2, 0.25) is 0 Å². The molecular formula is C58H41N3OS. The molecule has 0 bridgehead atoms. The van der Waals surface area contributed by atoms with Crippen LogP contribution in [0.3, 0.4) is 0 Å². The minimum absolute atomic E-state index is 0.0339. The summed E-state index contributed by atoms with van der Waals surface area (Å²) in [6.07, 6.45) is 24.1. The summed E-state index contributed by atoms with van der Waals surface area (Å²) in [4.78, 5) is 10.8. The van der Waals surface area contributed by atoms with E-state index in [-0.39, 0.29) is 23.9 Å². The summed E-state index contributed by atoms with van der Waals surface area (Å²) in [7, 11) is 0. The Labute approximate surface area is 370 Å². The van der Waals surface area contributed by atoms with E-state index in [1.807, 2.05) is 35.9 Å². The lowest BCUT2D eigenvalue weighted by Gasteiger charge is -2.23. The summed E-state index contributed by atoms with van der Waals surface area (Å²) in [5.74, 6) is 1.57. The highest BCUT2D eigenvalue weighted by atomic mass is 32.1. The Hall–Kier alpha value is -7.34. The van der Waals surface area contributed by atoms with Gasteiger partial charge in [0, 0.05) is 73.0 Å². The zero-order valence-electron chi connectivity index (χ0n) is 34.4. The van der Waals surface area contributed by atoms with Crippen LogP contribution in [0.1, 0.15) is 57.0 Å². The summed E-state index contributed by atoms with van der Waals surface area (Å²) in [6.45, 7) is 0. The third kappa shape index (κ3) is 6.02. The maximum absolute atomic E-state index is 6.59. The Morgan fingerprint density at radius 1 is 0.667 bits per heavy atom. The van der Waals surface area contributed by atoms with Crippen LogP contribution in [0.15, 0.2) is 194 Å². The molecule has 4 atom stereocenters. The second-order valence-electron chi connectivity index (χ2n) is 17.1. The van der Waals surface area contributed by atoms with E-state index in [1.54, 1.807) is 0 Å². The van der Waals surface area contributed by atoms with E-state index in [4.69, 9.17) is 14.7 Å². The molecule has 0 spiro atoms. The molecule has 1 aliphatic heterocycles. The predicted octanol–water partition coefficient (Wildman–Crippen LogP) is 14.6. The minimum atomic E-state index is -0.0339. The number of allylic oxidation sites excluding steroid dienone is 7. The normalized spacial score (nSPS) is 19.7. The molecule has 63 heavy (non-hydrogen) atoms. The first-order valence-electron chi connectivity index (χ1n) is 22.0. The van der Waals surface area contributed by atoms with E-state index in [0.717, 1.165) is 35.5 Å². The molecule has 3 aliphatic carbocycles. The molecule has 5 aromatic carbocycles. The molecule has 5 heteroatoms. The van der Waals surface area contributed by atoms with Gasteiger partial charge in [0.1, 0.15) is 11.9 Å². The molecule has 0 saturated heterocycles. The summed E-state index contributed by atoms with van der Waals surface area (Å²) in [5, 5.41) is 3.91. The monoisotopic (exact) mass is 827 g/mol. The molecule has 4 nitrogen and oxygen atoms in total. The SMILES string of the molecule is C1=CCC(c2ccccn2)C(c2ccc3c(c2)C2C=C(n4c5ccccc5c5cc(C6C=Cc7sc8ccc(-c9ccccc9-c9ccccn9)cc8c7C6)ccc54)C=CC2O3)=C1. The Bertz CT molecular complexity index is 3460. The van der Waals surface area contributed by atoms with E-state index < -0.39 is 0 Å². The number of hydrogen-bond donors (Lipinski definition) is 0. The fourth-order valence-electron chi connectivity index (χ4n) is 10.6. The Morgan fingerprint density at radius 2 is 1.51 bits per heavy atom. The maximum Gasteiger partial charge on any atom is 0.128 e. The highest BCUT2D eigenvalue weighted by Gasteiger charge is 2.35. The standard InChI is InChI=1S/C58H41N3OS/c1-3-13-43(51-16-7-9-29-59-51)41(11-1)38-20-25-55-47(33-38)48-35-40(23-26-56(48)62-55)61-53-18-6-5-15-45(53)46-31-36(19-24-54(46)61)37-21-27-57-49(32-37)50-34-39(22-28-58(50)63-57)42-12-2-4-14-44(42)52-17-8-10-30-60-52/h1-12,14-31,33-35,37,43,48,56H,13,32H2. The fraction of sp³-hybridized carbons (Fsp3) is 0.103. The zero-order valence-corrected chi connectivity index (χ0v) is 35.3. The van der Waals surface area contributed by atoms with Crippen LogP contribution in [0, 0.1) is 0 Å². The molecule has 0 fully saturated rings. The van der Waals surface area contributed by atoms with E-state index >= 15 is 0 Å². The first-order valence-corrected chi connectivity index (χ1v) is 22.8. The molecular weight excluding hydrogens is 787 g/mol. The Morgan fingerprint density at radius 3 is 2.41 bits per heavy atom. The third-order valence-corrected chi connectivity index (χ3v) is 14.8. The van der Waals surface area contributed by atoms with Gasteiger partial charge in [-0.3, -0.25) is 9.97 Å². The summed E-state index contributed by atoms with van der Waals surface area (Å²) in [6, 6.07) is 50.8. The van der Waals surface area contributed by atoms with Crippen LogP contribution >= 0.6 is 11.3 Å². The molecule has 0 saturated carbocycles. The highest BCUT2D eigenvalue weighted by molar-refractivity contribution is 7.20. The van der Waals surface area contributed by atoms with Crippen LogP contribution in [0.2, 0.25) is 0 Å². The second kappa shape index (κ2) is 14.6. The summed E-state index contributed by atoms with van der Waals surface area (Å²) in [5.41, 5.74) is 15.9. The molecule has 0 N–H and O–H groups in total. The lowest BCUT2D eigenvalue weighted by molar-refractivity contribution is 0.269. The summed E-state index contributed by atoms with van der Waals surface area (Å²) >= 11 is 1.90. The topological polar surface area (TPSA) is 39.9 Å². The van der Waals surface area contributed by atoms with Crippen LogP contribution < -0.4 is 4.74 Å². The number of rotatable bonds is 6. The molecule has 4 aromatic heterocycles. The maximum atomic E-state index is 6.59. The van der Waals surface area contributed by atoms with Gasteiger partial charge in [-0.05, 0) is 143 Å². The molecule has 300 valence electrons. The first-order chi connectivity index (χ1) is 31.2. The lowest BCUT2D eigenvalue weighted by Crippen LogP contribution is -2.18. The molecule has 13 rings (SSSR count). The van der Waals surface area contributed by atoms with Gasteiger partial charge in [-0.1, -0.05) is 97.1 Å². The van der Waals surface area contributed by atoms with Gasteiger partial charge in [-0.2, -0.15) is 0 Å². The average Bonchev–Trinajstić information content (AvgIpc) is 4.02. The lowest BCUT2D eigenvalue weighted by atomic mass is 9.82. The highest BCUT2D eigenvalue weighted by Crippen LogP contribution is 2.48. The number of aromatic nitrogens is 3. The van der Waals surface area contributed by atoms with Crippen molar-refractivity contribution in [2.75, 3.05) is 0 Å². The number of ether oxygens (including phenoxy) is 1. The van der Waals surface area contributed by atoms with Crippen LogP contribution in [-0.2, 0) is 6.42 Å². The average molecular weight is 828 g/mol. The Balaban J connectivity index is 0.843. The van der Waals surface area contributed by atoms with Gasteiger partial charge >= 0.3 is 0 Å². The molecule has 9 aromatic rings. The quantitative estimate of drug-likeness (QED) is 0.168. The molecule has 5 heterocycles. The minimum Gasteiger partial charge on any atom is -0.485 e. The van der Waals surface area contributed by atoms with Crippen molar-refractivity contribution in [2.24, 2.45) is 0 Å². The number of para-hydroxylation sites is 1. The van der Waals surface area contributed by atoms with Gasteiger partial charge in [-0.15, -0.1) is 11.3 Å². The predicted molar refractivity (Wildman–Crippen MR) is 261 cm³/mol. The van der Waals surface area contributed by atoms with Gasteiger partial charge in [0.25, 0.3) is 0 Å². The van der Waals surface area contributed by atoms with E-state index in [0.29, 0.717) is 0 Å². The van der Waals surface area contributed by atoms with Gasteiger partial charge < -0.3 is 9.30 Å². The van der Waals surface area contributed by atoms with Crippen LogP contribution in [0.25, 0.3) is 71.6 Å². The van der Waals surface area contributed by atoms with Gasteiger partial charge in [0.15, 0.2) is 0 Å².